The van der Waals surface area contributed by atoms with E-state index in [1.54, 1.807) is 0 Å². The van der Waals surface area contributed by atoms with Crippen molar-refractivity contribution >= 4 is 23.4 Å². The summed E-state index contributed by atoms with van der Waals surface area (Å²) in [5.41, 5.74) is 7.58. The van der Waals surface area contributed by atoms with Crippen molar-refractivity contribution in [2.45, 2.75) is 76.0 Å². The molecule has 2 rings (SSSR count). The molecule has 1 aromatic rings. The van der Waals surface area contributed by atoms with Gasteiger partial charge in [-0.05, 0) is 30.4 Å². The van der Waals surface area contributed by atoms with Crippen molar-refractivity contribution in [1.82, 2.24) is 0 Å². The number of hydrogen-bond acceptors (Lipinski definition) is 3. The molecule has 0 saturated carbocycles. The Bertz CT molecular complexity index is 566. The Kier molecular flexibility index (Phi) is 8.37. The van der Waals surface area contributed by atoms with Crippen LogP contribution in [0.5, 0.6) is 0 Å². The second kappa shape index (κ2) is 10.5. The molecule has 1 aliphatic rings. The fourth-order valence-electron chi connectivity index (χ4n) is 3.05. The summed E-state index contributed by atoms with van der Waals surface area (Å²) in [5.74, 6) is 1.92. The first-order valence-electron chi connectivity index (χ1n) is 9.42. The Morgan fingerprint density at radius 2 is 1.54 bits per heavy atom. The topological polar surface area (TPSA) is 62.2 Å². The van der Waals surface area contributed by atoms with Gasteiger partial charge in [0.1, 0.15) is 5.84 Å². The predicted molar refractivity (Wildman–Crippen MR) is 107 cm³/mol. The number of nitrogens with two attached hydrogens (primary N) is 1. The molecule has 3 nitrogen and oxygen atoms in total. The van der Waals surface area contributed by atoms with Gasteiger partial charge in [-0.2, -0.15) is 0 Å². The molecule has 1 heterocycles. The average molecular weight is 346 g/mol. The van der Waals surface area contributed by atoms with Crippen molar-refractivity contribution in [1.29, 1.82) is 5.41 Å². The molecule has 0 spiro atoms. The van der Waals surface area contributed by atoms with Gasteiger partial charge in [-0.25, -0.2) is 4.99 Å². The number of amidine groups is 2. The molecular formula is C20H31N3S. The van der Waals surface area contributed by atoms with Crippen LogP contribution in [0.25, 0.3) is 0 Å². The van der Waals surface area contributed by atoms with E-state index in [0.717, 1.165) is 16.9 Å². The molecule has 1 aromatic carbocycles. The van der Waals surface area contributed by atoms with Crippen LogP contribution in [0.1, 0.15) is 82.3 Å². The van der Waals surface area contributed by atoms with Crippen LogP contribution in [-0.2, 0) is 0 Å². The smallest absolute Gasteiger partial charge is 0.154 e. The molecular weight excluding hydrogens is 314 g/mol. The number of nitrogens with one attached hydrogen (secondary N) is 1. The zero-order valence-corrected chi connectivity index (χ0v) is 15.8. The van der Waals surface area contributed by atoms with Gasteiger partial charge in [0.25, 0.3) is 0 Å². The lowest BCUT2D eigenvalue weighted by Gasteiger charge is -2.05. The van der Waals surface area contributed by atoms with Gasteiger partial charge in [0.15, 0.2) is 5.84 Å². The first-order valence-corrected chi connectivity index (χ1v) is 10.4. The van der Waals surface area contributed by atoms with Gasteiger partial charge in [-0.1, -0.05) is 64.7 Å². The molecule has 0 aromatic heterocycles. The van der Waals surface area contributed by atoms with E-state index >= 15 is 0 Å². The molecule has 24 heavy (non-hydrogen) atoms. The second-order valence-electron chi connectivity index (χ2n) is 6.58. The van der Waals surface area contributed by atoms with Gasteiger partial charge in [-0.15, -0.1) is 11.8 Å². The number of thioether (sulfide) groups is 1. The lowest BCUT2D eigenvalue weighted by atomic mass is 10.1. The van der Waals surface area contributed by atoms with Crippen LogP contribution < -0.4 is 5.73 Å². The number of benzene rings is 1. The van der Waals surface area contributed by atoms with E-state index in [1.165, 1.54) is 69.1 Å². The fourth-order valence-corrected chi connectivity index (χ4v) is 4.00. The van der Waals surface area contributed by atoms with E-state index in [0.29, 0.717) is 11.7 Å². The zero-order valence-electron chi connectivity index (χ0n) is 14.9. The Balaban J connectivity index is 1.53. The summed E-state index contributed by atoms with van der Waals surface area (Å²) >= 11 is 1.88. The highest BCUT2D eigenvalue weighted by Crippen LogP contribution is 2.26. The van der Waals surface area contributed by atoms with Crippen LogP contribution in [0.4, 0.5) is 0 Å². The number of nitrogens with zero attached hydrogens (tertiary/aromatic N) is 1. The fraction of sp³-hybridized carbons (Fsp3) is 0.600. The first kappa shape index (κ1) is 19.0. The van der Waals surface area contributed by atoms with Crippen LogP contribution in [0.3, 0.4) is 0 Å². The number of aliphatic imine (C=N–C) groups is 1. The minimum Gasteiger partial charge on any atom is -0.383 e. The molecule has 0 unspecified atom stereocenters. The Morgan fingerprint density at radius 1 is 0.917 bits per heavy atom. The quantitative estimate of drug-likeness (QED) is 0.374. The molecule has 0 bridgehead atoms. The van der Waals surface area contributed by atoms with E-state index in [1.807, 2.05) is 17.8 Å². The number of hydrogen-bond donors (Lipinski definition) is 2. The SMILES string of the molecule is CCCCCCCCCCCCSc1ccc2c(c1)C(=N)N=C2N. The van der Waals surface area contributed by atoms with E-state index < -0.39 is 0 Å². The summed E-state index contributed by atoms with van der Waals surface area (Å²) in [7, 11) is 0. The maximum atomic E-state index is 7.84. The predicted octanol–water partition coefficient (Wildman–Crippen LogP) is 5.74. The van der Waals surface area contributed by atoms with Crippen molar-refractivity contribution < 1.29 is 0 Å². The standard InChI is InChI=1S/C20H31N3S/c1-2-3-4-5-6-7-8-9-10-11-14-24-16-12-13-17-18(15-16)20(22)23-19(17)21/h12-13,15H,2-11,14H2,1H3,(H3,21,22,23). The maximum absolute atomic E-state index is 7.84. The van der Waals surface area contributed by atoms with Crippen LogP contribution in [0.2, 0.25) is 0 Å². The van der Waals surface area contributed by atoms with Crippen molar-refractivity contribution in [3.63, 3.8) is 0 Å². The largest absolute Gasteiger partial charge is 0.383 e. The van der Waals surface area contributed by atoms with E-state index in [2.05, 4.69) is 24.0 Å². The summed E-state index contributed by atoms with van der Waals surface area (Å²) in [4.78, 5) is 5.25. The maximum Gasteiger partial charge on any atom is 0.154 e. The summed E-state index contributed by atoms with van der Waals surface area (Å²) in [6, 6.07) is 6.15. The molecule has 0 amide bonds. The summed E-state index contributed by atoms with van der Waals surface area (Å²) in [6.07, 6.45) is 13.8. The normalized spacial score (nSPS) is 13.2. The van der Waals surface area contributed by atoms with Crippen LogP contribution >= 0.6 is 11.8 Å². The third kappa shape index (κ3) is 5.97. The van der Waals surface area contributed by atoms with Crippen LogP contribution in [0.15, 0.2) is 28.1 Å². The van der Waals surface area contributed by atoms with Crippen molar-refractivity contribution in [3.8, 4) is 0 Å². The highest BCUT2D eigenvalue weighted by Gasteiger charge is 2.18. The molecule has 4 heteroatoms. The minimum absolute atomic E-state index is 0.295. The van der Waals surface area contributed by atoms with Crippen molar-refractivity contribution in [3.05, 3.63) is 29.3 Å². The molecule has 3 N–H and O–H groups in total. The molecule has 1 aliphatic heterocycles. The second-order valence-corrected chi connectivity index (χ2v) is 7.75. The molecule has 0 atom stereocenters. The molecule has 0 radical (unpaired) electrons. The molecule has 132 valence electrons. The third-order valence-electron chi connectivity index (χ3n) is 4.52. The third-order valence-corrected chi connectivity index (χ3v) is 5.60. The zero-order chi connectivity index (χ0) is 17.2. The first-order chi connectivity index (χ1) is 11.7. The van der Waals surface area contributed by atoms with Gasteiger partial charge in [0.2, 0.25) is 0 Å². The highest BCUT2D eigenvalue weighted by atomic mass is 32.2. The highest BCUT2D eigenvalue weighted by molar-refractivity contribution is 7.99. The molecule has 0 aliphatic carbocycles. The van der Waals surface area contributed by atoms with Gasteiger partial charge < -0.3 is 5.73 Å². The molecule has 0 saturated heterocycles. The van der Waals surface area contributed by atoms with Gasteiger partial charge in [0, 0.05) is 16.0 Å². The number of fused-ring (bicyclic) bond motifs is 1. The Labute approximate surface area is 151 Å². The summed E-state index contributed by atoms with van der Waals surface area (Å²) in [6.45, 7) is 2.27. The van der Waals surface area contributed by atoms with Crippen molar-refractivity contribution in [2.75, 3.05) is 5.75 Å². The van der Waals surface area contributed by atoms with Crippen molar-refractivity contribution in [2.24, 2.45) is 10.7 Å². The number of unbranched alkanes of at least 4 members (excludes halogenated alkanes) is 9. The van der Waals surface area contributed by atoms with Gasteiger partial charge in [0.05, 0.1) is 0 Å². The average Bonchev–Trinajstić information content (AvgIpc) is 2.87. The van der Waals surface area contributed by atoms with E-state index in [-0.39, 0.29) is 0 Å². The summed E-state index contributed by atoms with van der Waals surface area (Å²) < 4.78 is 0. The lowest BCUT2D eigenvalue weighted by molar-refractivity contribution is 0.563. The minimum atomic E-state index is 0.295. The number of rotatable bonds is 12. The Morgan fingerprint density at radius 3 is 2.21 bits per heavy atom. The monoisotopic (exact) mass is 345 g/mol. The lowest BCUT2D eigenvalue weighted by Crippen LogP contribution is -2.10. The Hall–Kier alpha value is -1.29. The van der Waals surface area contributed by atoms with Crippen LogP contribution in [-0.4, -0.2) is 17.4 Å². The van der Waals surface area contributed by atoms with E-state index in [9.17, 15) is 0 Å². The molecule has 0 fully saturated rings. The van der Waals surface area contributed by atoms with E-state index in [4.69, 9.17) is 11.1 Å². The van der Waals surface area contributed by atoms with Gasteiger partial charge >= 0.3 is 0 Å². The summed E-state index contributed by atoms with van der Waals surface area (Å²) in [5, 5.41) is 7.84. The van der Waals surface area contributed by atoms with Gasteiger partial charge in [-0.3, -0.25) is 5.41 Å². The van der Waals surface area contributed by atoms with Crippen LogP contribution in [0, 0.1) is 5.41 Å².